The first-order valence-corrected chi connectivity index (χ1v) is 11.8. The molecule has 4 aromatic carbocycles. The van der Waals surface area contributed by atoms with Gasteiger partial charge >= 0.3 is 0 Å². The molecule has 2 N–H and O–H groups in total. The third kappa shape index (κ3) is 3.10. The van der Waals surface area contributed by atoms with Crippen LogP contribution in [0.5, 0.6) is 11.5 Å². The van der Waals surface area contributed by atoms with Gasteiger partial charge in [-0.15, -0.1) is 0 Å². The molecule has 4 nitrogen and oxygen atoms in total. The lowest BCUT2D eigenvalue weighted by Gasteiger charge is -2.13. The smallest absolute Gasteiger partial charge is 0.135 e. The number of aromatic hydroxyl groups is 2. The number of rotatable bonds is 2. The van der Waals surface area contributed by atoms with Gasteiger partial charge in [-0.2, -0.15) is 5.26 Å². The monoisotopic (exact) mass is 510 g/mol. The standard InChI is InChI=1S/C29H23BrN2O2/c1-15-13-23-25(28(33)16(15)2)24-17(3)26(30)29(34)18(4)27(24)32(23)22-11-9-21(10-12-22)20-7-5-19(14-31)6-8-20/h5-13,33-34H,1-4H3. The van der Waals surface area contributed by atoms with Crippen molar-refractivity contribution < 1.29 is 10.2 Å². The van der Waals surface area contributed by atoms with Crippen molar-refractivity contribution in [1.29, 1.82) is 5.26 Å². The van der Waals surface area contributed by atoms with E-state index in [0.717, 1.165) is 60.9 Å². The third-order valence-electron chi connectivity index (χ3n) is 6.84. The highest BCUT2D eigenvalue weighted by molar-refractivity contribution is 9.10. The number of phenols is 2. The summed E-state index contributed by atoms with van der Waals surface area (Å²) in [7, 11) is 0. The summed E-state index contributed by atoms with van der Waals surface area (Å²) in [6, 6.07) is 20.0. The summed E-state index contributed by atoms with van der Waals surface area (Å²) >= 11 is 3.54. The molecule has 0 spiro atoms. The summed E-state index contributed by atoms with van der Waals surface area (Å²) < 4.78 is 2.76. The summed E-state index contributed by atoms with van der Waals surface area (Å²) in [4.78, 5) is 0. The SMILES string of the molecule is Cc1cc2c(c(O)c1C)c1c(C)c(Br)c(O)c(C)c1n2-c1ccc(-c2ccc(C#N)cc2)cc1. The van der Waals surface area contributed by atoms with Crippen molar-refractivity contribution >= 4 is 37.7 Å². The second kappa shape index (κ2) is 7.93. The van der Waals surface area contributed by atoms with E-state index < -0.39 is 0 Å². The van der Waals surface area contributed by atoms with Crippen LogP contribution in [0.2, 0.25) is 0 Å². The molecule has 168 valence electrons. The molecule has 34 heavy (non-hydrogen) atoms. The highest BCUT2D eigenvalue weighted by Gasteiger charge is 2.24. The van der Waals surface area contributed by atoms with Gasteiger partial charge in [-0.3, -0.25) is 0 Å². The Kier molecular flexibility index (Phi) is 5.15. The molecule has 1 heterocycles. The maximum absolute atomic E-state index is 11.2. The van der Waals surface area contributed by atoms with E-state index in [1.807, 2.05) is 64.1 Å². The number of hydrogen-bond donors (Lipinski definition) is 2. The van der Waals surface area contributed by atoms with Gasteiger partial charge in [-0.25, -0.2) is 0 Å². The first kappa shape index (κ1) is 22.1. The number of aromatic nitrogens is 1. The van der Waals surface area contributed by atoms with Crippen molar-refractivity contribution in [3.63, 3.8) is 0 Å². The van der Waals surface area contributed by atoms with Gasteiger partial charge in [0.15, 0.2) is 0 Å². The maximum atomic E-state index is 11.2. The second-order valence-corrected chi connectivity index (χ2v) is 9.56. The van der Waals surface area contributed by atoms with Crippen LogP contribution in [0.3, 0.4) is 0 Å². The molecule has 0 aliphatic carbocycles. The highest BCUT2D eigenvalue weighted by atomic mass is 79.9. The van der Waals surface area contributed by atoms with Crippen LogP contribution in [-0.4, -0.2) is 14.8 Å². The van der Waals surface area contributed by atoms with Crippen LogP contribution in [0, 0.1) is 39.0 Å². The summed E-state index contributed by atoms with van der Waals surface area (Å²) in [5, 5.41) is 32.8. The minimum atomic E-state index is 0.205. The highest BCUT2D eigenvalue weighted by Crippen LogP contribution is 2.47. The van der Waals surface area contributed by atoms with E-state index in [9.17, 15) is 10.2 Å². The predicted octanol–water partition coefficient (Wildman–Crippen LogP) is 7.73. The number of phenolic OH excluding ortho intramolecular Hbond substituents is 2. The van der Waals surface area contributed by atoms with Crippen LogP contribution in [0.25, 0.3) is 38.6 Å². The Morgan fingerprint density at radius 1 is 0.765 bits per heavy atom. The molecule has 0 saturated heterocycles. The van der Waals surface area contributed by atoms with Gasteiger partial charge in [0.2, 0.25) is 0 Å². The average Bonchev–Trinajstić information content (AvgIpc) is 3.20. The van der Waals surface area contributed by atoms with Gasteiger partial charge in [0.25, 0.3) is 0 Å². The molecular formula is C29H23BrN2O2. The normalized spacial score (nSPS) is 11.3. The lowest BCUT2D eigenvalue weighted by Crippen LogP contribution is -1.97. The summed E-state index contributed by atoms with van der Waals surface area (Å²) in [6.45, 7) is 7.78. The number of nitrogens with zero attached hydrogens (tertiary/aromatic N) is 2. The molecule has 0 unspecified atom stereocenters. The van der Waals surface area contributed by atoms with Gasteiger partial charge in [-0.05, 0) is 102 Å². The Bertz CT molecular complexity index is 1660. The quantitative estimate of drug-likeness (QED) is 0.255. The zero-order valence-electron chi connectivity index (χ0n) is 19.4. The van der Waals surface area contributed by atoms with E-state index in [1.54, 1.807) is 0 Å². The Morgan fingerprint density at radius 2 is 1.35 bits per heavy atom. The van der Waals surface area contributed by atoms with Crippen LogP contribution in [0.15, 0.2) is 59.1 Å². The molecule has 0 radical (unpaired) electrons. The predicted molar refractivity (Wildman–Crippen MR) is 141 cm³/mol. The van der Waals surface area contributed by atoms with Crippen molar-refractivity contribution in [2.75, 3.05) is 0 Å². The number of nitriles is 1. The lowest BCUT2D eigenvalue weighted by atomic mass is 10.00. The van der Waals surface area contributed by atoms with Gasteiger partial charge in [0.05, 0.1) is 32.5 Å². The third-order valence-corrected chi connectivity index (χ3v) is 7.81. The number of aryl methyl sites for hydroxylation is 3. The topological polar surface area (TPSA) is 69.2 Å². The molecule has 1 aromatic heterocycles. The van der Waals surface area contributed by atoms with Crippen LogP contribution < -0.4 is 0 Å². The number of halogens is 1. The molecule has 0 aliphatic rings. The van der Waals surface area contributed by atoms with Crippen molar-refractivity contribution in [3.8, 4) is 34.4 Å². The van der Waals surface area contributed by atoms with Crippen molar-refractivity contribution in [2.45, 2.75) is 27.7 Å². The van der Waals surface area contributed by atoms with Crippen LogP contribution in [0.4, 0.5) is 0 Å². The fourth-order valence-electron chi connectivity index (χ4n) is 4.75. The molecule has 0 saturated carbocycles. The van der Waals surface area contributed by atoms with E-state index in [-0.39, 0.29) is 11.5 Å². The van der Waals surface area contributed by atoms with Gasteiger partial charge in [0, 0.05) is 16.6 Å². The zero-order chi connectivity index (χ0) is 24.3. The minimum Gasteiger partial charge on any atom is -0.507 e. The molecule has 0 atom stereocenters. The summed E-state index contributed by atoms with van der Waals surface area (Å²) in [5.41, 5.74) is 8.89. The molecule has 5 rings (SSSR count). The van der Waals surface area contributed by atoms with Crippen LogP contribution >= 0.6 is 15.9 Å². The fraction of sp³-hybridized carbons (Fsp3) is 0.138. The second-order valence-electron chi connectivity index (χ2n) is 8.77. The molecule has 0 amide bonds. The first-order valence-electron chi connectivity index (χ1n) is 11.0. The van der Waals surface area contributed by atoms with E-state index in [1.165, 1.54) is 0 Å². The molecular weight excluding hydrogens is 488 g/mol. The van der Waals surface area contributed by atoms with E-state index in [0.29, 0.717) is 10.0 Å². The Balaban J connectivity index is 1.83. The molecule has 0 bridgehead atoms. The van der Waals surface area contributed by atoms with Crippen LogP contribution in [0.1, 0.15) is 27.8 Å². The Labute approximate surface area is 206 Å². The molecule has 5 aromatic rings. The molecule has 0 aliphatic heterocycles. The maximum Gasteiger partial charge on any atom is 0.135 e. The average molecular weight is 511 g/mol. The van der Waals surface area contributed by atoms with Crippen molar-refractivity contribution in [3.05, 3.63) is 86.9 Å². The molecule has 0 fully saturated rings. The molecule has 5 heteroatoms. The summed E-state index contributed by atoms with van der Waals surface area (Å²) in [5.74, 6) is 0.476. The lowest BCUT2D eigenvalue weighted by molar-refractivity contribution is 0.468. The first-order chi connectivity index (χ1) is 16.2. The Hall–Kier alpha value is -3.75. The van der Waals surface area contributed by atoms with Crippen molar-refractivity contribution in [1.82, 2.24) is 4.57 Å². The van der Waals surface area contributed by atoms with Crippen LogP contribution in [-0.2, 0) is 0 Å². The van der Waals surface area contributed by atoms with Gasteiger partial charge < -0.3 is 14.8 Å². The minimum absolute atomic E-state index is 0.205. The largest absolute Gasteiger partial charge is 0.507 e. The van der Waals surface area contributed by atoms with E-state index in [4.69, 9.17) is 5.26 Å². The van der Waals surface area contributed by atoms with Gasteiger partial charge in [0.1, 0.15) is 11.5 Å². The number of fused-ring (bicyclic) bond motifs is 3. The number of hydrogen-bond acceptors (Lipinski definition) is 3. The van der Waals surface area contributed by atoms with Crippen molar-refractivity contribution in [2.24, 2.45) is 0 Å². The van der Waals surface area contributed by atoms with E-state index >= 15 is 0 Å². The summed E-state index contributed by atoms with van der Waals surface area (Å²) in [6.07, 6.45) is 0. The Morgan fingerprint density at radius 3 is 1.94 bits per heavy atom. The number of benzene rings is 4. The van der Waals surface area contributed by atoms with E-state index in [2.05, 4.69) is 44.8 Å². The zero-order valence-corrected chi connectivity index (χ0v) is 20.9. The fourth-order valence-corrected chi connectivity index (χ4v) is 5.24. The van der Waals surface area contributed by atoms with Gasteiger partial charge in [-0.1, -0.05) is 24.3 Å².